The number of aromatic hydroxyl groups is 2. The van der Waals surface area contributed by atoms with E-state index in [-0.39, 0.29) is 17.5 Å². The number of benzene rings is 3. The fourth-order valence-corrected chi connectivity index (χ4v) is 4.25. The highest BCUT2D eigenvalue weighted by Crippen LogP contribution is 2.40. The molecule has 0 saturated carbocycles. The molecule has 33 heavy (non-hydrogen) atoms. The summed E-state index contributed by atoms with van der Waals surface area (Å²) in [7, 11) is 1.50. The number of phenols is 2. The van der Waals surface area contributed by atoms with E-state index in [4.69, 9.17) is 14.1 Å². The lowest BCUT2D eigenvalue weighted by Crippen LogP contribution is -2.15. The van der Waals surface area contributed by atoms with E-state index in [0.29, 0.717) is 34.7 Å². The Morgan fingerprint density at radius 2 is 1.88 bits per heavy atom. The number of phenolic OH excluding ortho intramolecular Hbond substituents is 2. The minimum Gasteiger partial charge on any atom is -0.507 e. The van der Waals surface area contributed by atoms with E-state index >= 15 is 0 Å². The molecule has 5 rings (SSSR count). The first-order chi connectivity index (χ1) is 15.9. The van der Waals surface area contributed by atoms with Crippen LogP contribution in [0, 0.1) is 6.92 Å². The minimum atomic E-state index is -0.490. The third kappa shape index (κ3) is 3.67. The Morgan fingerprint density at radius 3 is 2.67 bits per heavy atom. The molecule has 0 spiro atoms. The molecule has 0 fully saturated rings. The lowest BCUT2D eigenvalue weighted by molar-refractivity contribution is 0.373. The highest BCUT2D eigenvalue weighted by Gasteiger charge is 2.26. The summed E-state index contributed by atoms with van der Waals surface area (Å²) in [5, 5.41) is 25.4. The minimum absolute atomic E-state index is 0.0225. The van der Waals surface area contributed by atoms with E-state index < -0.39 is 5.63 Å². The highest BCUT2D eigenvalue weighted by atomic mass is 16.5. The fraction of sp³-hybridized carbons (Fsp3) is 0.154. The van der Waals surface area contributed by atoms with Gasteiger partial charge >= 0.3 is 5.63 Å². The Bertz CT molecular complexity index is 1470. The van der Waals surface area contributed by atoms with E-state index in [1.807, 2.05) is 37.3 Å². The van der Waals surface area contributed by atoms with Gasteiger partial charge in [0.05, 0.1) is 35.8 Å². The SMILES string of the molecule is COc1ccc([C@@H]2CC(c3c(O)ccc4c(C)cc(=O)oc34)=Nc3ccccc3N2)cc1O. The van der Waals surface area contributed by atoms with E-state index in [1.54, 1.807) is 24.3 Å². The quantitative estimate of drug-likeness (QED) is 0.377. The van der Waals surface area contributed by atoms with Gasteiger partial charge in [-0.2, -0.15) is 0 Å². The number of aliphatic imine (C=N–C) groups is 1. The fourth-order valence-electron chi connectivity index (χ4n) is 4.25. The third-order valence-electron chi connectivity index (χ3n) is 5.88. The van der Waals surface area contributed by atoms with E-state index in [1.165, 1.54) is 13.2 Å². The van der Waals surface area contributed by atoms with E-state index in [2.05, 4.69) is 5.32 Å². The third-order valence-corrected chi connectivity index (χ3v) is 5.88. The molecule has 1 aliphatic rings. The van der Waals surface area contributed by atoms with Crippen molar-refractivity contribution in [1.29, 1.82) is 0 Å². The Labute approximate surface area is 189 Å². The van der Waals surface area contributed by atoms with Gasteiger partial charge in [0.15, 0.2) is 17.1 Å². The van der Waals surface area contributed by atoms with Gasteiger partial charge in [-0.1, -0.05) is 18.2 Å². The molecule has 166 valence electrons. The van der Waals surface area contributed by atoms with Gasteiger partial charge in [0.2, 0.25) is 0 Å². The Morgan fingerprint density at radius 1 is 1.06 bits per heavy atom. The van der Waals surface area contributed by atoms with Crippen LogP contribution in [-0.4, -0.2) is 23.0 Å². The predicted octanol–water partition coefficient (Wildman–Crippen LogP) is 5.20. The number of nitrogens with one attached hydrogen (secondary N) is 1. The molecule has 0 unspecified atom stereocenters. The van der Waals surface area contributed by atoms with Crippen molar-refractivity contribution in [3.05, 3.63) is 87.8 Å². The molecule has 0 amide bonds. The van der Waals surface area contributed by atoms with Crippen LogP contribution in [0.4, 0.5) is 11.4 Å². The number of rotatable bonds is 3. The zero-order chi connectivity index (χ0) is 23.1. The second kappa shape index (κ2) is 8.02. The van der Waals surface area contributed by atoms with Crippen molar-refractivity contribution in [2.24, 2.45) is 4.99 Å². The molecule has 1 atom stereocenters. The van der Waals surface area contributed by atoms with Gasteiger partial charge < -0.3 is 24.7 Å². The summed E-state index contributed by atoms with van der Waals surface area (Å²) in [5.74, 6) is 0.388. The maximum atomic E-state index is 12.2. The van der Waals surface area contributed by atoms with Crippen molar-refractivity contribution in [2.75, 3.05) is 12.4 Å². The number of methoxy groups -OCH3 is 1. The zero-order valence-electron chi connectivity index (χ0n) is 18.1. The second-order valence-corrected chi connectivity index (χ2v) is 7.99. The number of ether oxygens (including phenoxy) is 1. The number of hydrogen-bond donors (Lipinski definition) is 3. The standard InChI is InChI=1S/C26H22N2O5/c1-14-11-24(31)33-26-16(14)8-9-21(29)25(26)20-13-19(15-7-10-23(32-2)22(30)12-15)27-17-5-3-4-6-18(17)28-20/h3-12,19,27,29-30H,13H2,1-2H3/t19-/m0/s1. The largest absolute Gasteiger partial charge is 0.507 e. The molecule has 3 N–H and O–H groups in total. The van der Waals surface area contributed by atoms with Gasteiger partial charge in [0.1, 0.15) is 5.75 Å². The average Bonchev–Trinajstić information content (AvgIpc) is 2.98. The van der Waals surface area contributed by atoms with E-state index in [0.717, 1.165) is 22.2 Å². The first-order valence-electron chi connectivity index (χ1n) is 10.5. The Hall–Kier alpha value is -4.26. The number of anilines is 1. The van der Waals surface area contributed by atoms with Crippen molar-refractivity contribution in [3.8, 4) is 17.2 Å². The summed E-state index contributed by atoms with van der Waals surface area (Å²) in [5.41, 5.74) is 3.83. The zero-order valence-corrected chi connectivity index (χ0v) is 18.1. The maximum absolute atomic E-state index is 12.2. The van der Waals surface area contributed by atoms with Gasteiger partial charge in [0, 0.05) is 17.9 Å². The Balaban J connectivity index is 1.72. The van der Waals surface area contributed by atoms with Crippen LogP contribution in [0.25, 0.3) is 11.0 Å². The first kappa shape index (κ1) is 20.6. The van der Waals surface area contributed by atoms with Crippen molar-refractivity contribution < 1.29 is 19.4 Å². The van der Waals surface area contributed by atoms with Crippen LogP contribution < -0.4 is 15.7 Å². The first-order valence-corrected chi connectivity index (χ1v) is 10.5. The number of para-hydroxylation sites is 2. The smallest absolute Gasteiger partial charge is 0.336 e. The summed E-state index contributed by atoms with van der Waals surface area (Å²) in [4.78, 5) is 17.0. The molecule has 7 heteroatoms. The van der Waals surface area contributed by atoms with Crippen LogP contribution >= 0.6 is 0 Å². The lowest BCUT2D eigenvalue weighted by Gasteiger charge is -2.20. The van der Waals surface area contributed by atoms with Gasteiger partial charge in [-0.05, 0) is 54.4 Å². The van der Waals surface area contributed by atoms with Crippen LogP contribution in [0.1, 0.15) is 29.2 Å². The van der Waals surface area contributed by atoms with Gasteiger partial charge in [-0.25, -0.2) is 4.79 Å². The summed E-state index contributed by atoms with van der Waals surface area (Å²) in [6.45, 7) is 1.83. The molecule has 1 aromatic heterocycles. The van der Waals surface area contributed by atoms with E-state index in [9.17, 15) is 15.0 Å². The molecule has 0 radical (unpaired) electrons. The molecule has 3 aromatic carbocycles. The average molecular weight is 442 g/mol. The number of fused-ring (bicyclic) bond motifs is 2. The summed E-state index contributed by atoms with van der Waals surface area (Å²) in [6.07, 6.45) is 0.366. The van der Waals surface area contributed by atoms with Crippen molar-refractivity contribution >= 4 is 28.1 Å². The van der Waals surface area contributed by atoms with Gasteiger partial charge in [-0.3, -0.25) is 4.99 Å². The molecule has 0 bridgehead atoms. The topological polar surface area (TPSA) is 104 Å². The molecule has 0 saturated heterocycles. The summed E-state index contributed by atoms with van der Waals surface area (Å²) in [6, 6.07) is 17.3. The van der Waals surface area contributed by atoms with Gasteiger partial charge in [0.25, 0.3) is 0 Å². The number of aryl methyl sites for hydroxylation is 1. The van der Waals surface area contributed by atoms with Crippen molar-refractivity contribution in [3.63, 3.8) is 0 Å². The van der Waals surface area contributed by atoms with Crippen LogP contribution in [0.2, 0.25) is 0 Å². The van der Waals surface area contributed by atoms with Crippen LogP contribution in [0.3, 0.4) is 0 Å². The molecule has 7 nitrogen and oxygen atoms in total. The summed E-state index contributed by atoms with van der Waals surface area (Å²) < 4.78 is 10.7. The van der Waals surface area contributed by atoms with Gasteiger partial charge in [-0.15, -0.1) is 0 Å². The van der Waals surface area contributed by atoms with Crippen molar-refractivity contribution in [2.45, 2.75) is 19.4 Å². The maximum Gasteiger partial charge on any atom is 0.336 e. The normalized spacial score (nSPS) is 15.3. The number of hydrogen-bond acceptors (Lipinski definition) is 7. The van der Waals surface area contributed by atoms with Crippen LogP contribution in [0.15, 0.2) is 74.9 Å². The molecular formula is C26H22N2O5. The predicted molar refractivity (Wildman–Crippen MR) is 127 cm³/mol. The van der Waals surface area contributed by atoms with Crippen LogP contribution in [0.5, 0.6) is 17.2 Å². The molecule has 2 heterocycles. The monoisotopic (exact) mass is 442 g/mol. The molecule has 0 aliphatic carbocycles. The summed E-state index contributed by atoms with van der Waals surface area (Å²) >= 11 is 0. The molecule has 4 aromatic rings. The Kier molecular flexibility index (Phi) is 5.01. The molecule has 1 aliphatic heterocycles. The highest BCUT2D eigenvalue weighted by molar-refractivity contribution is 6.13. The second-order valence-electron chi connectivity index (χ2n) is 7.99. The number of nitrogens with zero attached hydrogens (tertiary/aromatic N) is 1. The van der Waals surface area contributed by atoms with Crippen molar-refractivity contribution in [1.82, 2.24) is 0 Å². The van der Waals surface area contributed by atoms with Crippen LogP contribution in [-0.2, 0) is 0 Å². The molecular weight excluding hydrogens is 420 g/mol. The lowest BCUT2D eigenvalue weighted by atomic mass is 9.94.